The fourth-order valence-corrected chi connectivity index (χ4v) is 4.06. The number of carbonyl (C=O) groups is 1. The second-order valence-corrected chi connectivity index (χ2v) is 8.07. The van der Waals surface area contributed by atoms with Crippen molar-refractivity contribution in [2.45, 2.75) is 18.7 Å². The van der Waals surface area contributed by atoms with Crippen LogP contribution in [0.15, 0.2) is 41.4 Å². The molecule has 1 amide bonds. The summed E-state index contributed by atoms with van der Waals surface area (Å²) in [6.45, 7) is 5.07. The molecular formula is C18H21N3O4S. The molecule has 0 saturated carbocycles. The predicted octanol–water partition coefficient (Wildman–Crippen LogP) is 1.97. The average Bonchev–Trinajstić information content (AvgIpc) is 2.64. The summed E-state index contributed by atoms with van der Waals surface area (Å²) in [6, 6.07) is 8.18. The number of nitrogens with zero attached hydrogens (tertiary/aromatic N) is 2. The van der Waals surface area contributed by atoms with Crippen molar-refractivity contribution < 1.29 is 17.9 Å². The molecule has 0 atom stereocenters. The third-order valence-corrected chi connectivity index (χ3v) is 6.13. The van der Waals surface area contributed by atoms with Crippen LogP contribution in [0.3, 0.4) is 0 Å². The Morgan fingerprint density at radius 1 is 1.15 bits per heavy atom. The third-order valence-electron chi connectivity index (χ3n) is 4.24. The van der Waals surface area contributed by atoms with Gasteiger partial charge < -0.3 is 10.1 Å². The quantitative estimate of drug-likeness (QED) is 0.883. The van der Waals surface area contributed by atoms with E-state index < -0.39 is 10.0 Å². The molecule has 2 heterocycles. The van der Waals surface area contributed by atoms with Gasteiger partial charge in [0.1, 0.15) is 0 Å². The minimum absolute atomic E-state index is 0.155. The molecule has 1 aromatic heterocycles. The number of benzene rings is 1. The number of morpholine rings is 1. The maximum absolute atomic E-state index is 12.8. The van der Waals surface area contributed by atoms with Gasteiger partial charge in [-0.2, -0.15) is 4.31 Å². The maximum atomic E-state index is 12.8. The molecule has 1 fully saturated rings. The summed E-state index contributed by atoms with van der Waals surface area (Å²) in [7, 11) is -3.62. The van der Waals surface area contributed by atoms with Crippen molar-refractivity contribution in [1.82, 2.24) is 9.29 Å². The fraction of sp³-hybridized carbons (Fsp3) is 0.333. The van der Waals surface area contributed by atoms with Crippen molar-refractivity contribution in [3.8, 4) is 0 Å². The summed E-state index contributed by atoms with van der Waals surface area (Å²) in [4.78, 5) is 16.7. The van der Waals surface area contributed by atoms with Gasteiger partial charge in [0.15, 0.2) is 0 Å². The zero-order chi connectivity index (χ0) is 18.7. The first-order valence-electron chi connectivity index (χ1n) is 8.30. The topological polar surface area (TPSA) is 88.6 Å². The Labute approximate surface area is 153 Å². The number of hydrogen-bond acceptors (Lipinski definition) is 5. The lowest BCUT2D eigenvalue weighted by molar-refractivity contribution is 0.0730. The summed E-state index contributed by atoms with van der Waals surface area (Å²) >= 11 is 0. The van der Waals surface area contributed by atoms with E-state index in [1.54, 1.807) is 24.3 Å². The lowest BCUT2D eigenvalue weighted by Crippen LogP contribution is -2.40. The van der Waals surface area contributed by atoms with E-state index in [9.17, 15) is 13.2 Å². The van der Waals surface area contributed by atoms with Gasteiger partial charge in [0.2, 0.25) is 10.0 Å². The molecule has 1 aromatic carbocycles. The molecule has 1 aliphatic rings. The van der Waals surface area contributed by atoms with Gasteiger partial charge in [0.05, 0.1) is 23.7 Å². The lowest BCUT2D eigenvalue weighted by atomic mass is 10.2. The zero-order valence-electron chi connectivity index (χ0n) is 14.7. The van der Waals surface area contributed by atoms with Crippen LogP contribution >= 0.6 is 0 Å². The zero-order valence-corrected chi connectivity index (χ0v) is 15.5. The van der Waals surface area contributed by atoms with E-state index in [1.807, 2.05) is 13.8 Å². The van der Waals surface area contributed by atoms with Gasteiger partial charge in [-0.15, -0.1) is 0 Å². The van der Waals surface area contributed by atoms with Gasteiger partial charge in [-0.05, 0) is 43.7 Å². The smallest absolute Gasteiger partial charge is 0.257 e. The first kappa shape index (κ1) is 18.5. The third kappa shape index (κ3) is 3.92. The van der Waals surface area contributed by atoms with E-state index in [4.69, 9.17) is 4.74 Å². The number of nitrogens with one attached hydrogen (secondary N) is 1. The van der Waals surface area contributed by atoms with Crippen molar-refractivity contribution in [1.29, 1.82) is 0 Å². The fourth-order valence-electron chi connectivity index (χ4n) is 2.63. The summed E-state index contributed by atoms with van der Waals surface area (Å²) in [5, 5.41) is 2.77. The Morgan fingerprint density at radius 3 is 2.54 bits per heavy atom. The number of rotatable bonds is 4. The molecule has 0 radical (unpaired) electrons. The Hall–Kier alpha value is -2.29. The molecule has 3 rings (SSSR count). The highest BCUT2D eigenvalue weighted by molar-refractivity contribution is 7.89. The van der Waals surface area contributed by atoms with Crippen LogP contribution in [0.25, 0.3) is 0 Å². The molecule has 1 aliphatic heterocycles. The van der Waals surface area contributed by atoms with E-state index in [0.29, 0.717) is 37.6 Å². The van der Waals surface area contributed by atoms with Gasteiger partial charge >= 0.3 is 0 Å². The van der Waals surface area contributed by atoms with Crippen molar-refractivity contribution in [2.75, 3.05) is 31.6 Å². The van der Waals surface area contributed by atoms with Crippen LogP contribution in [-0.4, -0.2) is 49.9 Å². The average molecular weight is 375 g/mol. The molecule has 26 heavy (non-hydrogen) atoms. The monoisotopic (exact) mass is 375 g/mol. The molecule has 0 spiro atoms. The van der Waals surface area contributed by atoms with Gasteiger partial charge in [0, 0.05) is 30.7 Å². The summed E-state index contributed by atoms with van der Waals surface area (Å²) in [6.07, 6.45) is 1.49. The first-order chi connectivity index (χ1) is 12.4. The number of amides is 1. The highest BCUT2D eigenvalue weighted by Gasteiger charge is 2.26. The molecule has 8 heteroatoms. The van der Waals surface area contributed by atoms with Crippen LogP contribution in [0.5, 0.6) is 0 Å². The normalized spacial score (nSPS) is 15.6. The Kier molecular flexibility index (Phi) is 5.36. The van der Waals surface area contributed by atoms with Crippen LogP contribution in [0.2, 0.25) is 0 Å². The second kappa shape index (κ2) is 7.53. The number of ether oxygens (including phenoxy) is 1. The van der Waals surface area contributed by atoms with Gasteiger partial charge in [-0.3, -0.25) is 9.78 Å². The summed E-state index contributed by atoms with van der Waals surface area (Å²) in [5.74, 6) is -0.332. The Balaban J connectivity index is 1.85. The minimum Gasteiger partial charge on any atom is -0.379 e. The van der Waals surface area contributed by atoms with Crippen molar-refractivity contribution in [3.63, 3.8) is 0 Å². The van der Waals surface area contributed by atoms with Crippen LogP contribution in [0, 0.1) is 13.8 Å². The number of pyridine rings is 1. The Bertz CT molecular complexity index is 905. The standard InChI is InChI=1S/C18H21N3O4S/c1-13-3-6-16(26(23,24)21-7-9-25-10-8-21)11-17(13)20-18(22)15-5-4-14(2)19-12-15/h3-6,11-12H,7-10H2,1-2H3,(H,20,22). The number of aryl methyl sites for hydroxylation is 2. The predicted molar refractivity (Wildman–Crippen MR) is 97.7 cm³/mol. The van der Waals surface area contributed by atoms with E-state index in [1.165, 1.54) is 16.6 Å². The van der Waals surface area contributed by atoms with E-state index in [-0.39, 0.29) is 10.8 Å². The summed E-state index contributed by atoms with van der Waals surface area (Å²) in [5.41, 5.74) is 2.47. The highest BCUT2D eigenvalue weighted by atomic mass is 32.2. The molecule has 0 unspecified atom stereocenters. The van der Waals surface area contributed by atoms with E-state index in [0.717, 1.165) is 11.3 Å². The molecule has 7 nitrogen and oxygen atoms in total. The summed E-state index contributed by atoms with van der Waals surface area (Å²) < 4.78 is 32.2. The van der Waals surface area contributed by atoms with Crippen molar-refractivity contribution in [2.24, 2.45) is 0 Å². The number of anilines is 1. The molecular weight excluding hydrogens is 354 g/mol. The van der Waals surface area contributed by atoms with E-state index >= 15 is 0 Å². The molecule has 0 bridgehead atoms. The van der Waals surface area contributed by atoms with Crippen LogP contribution in [-0.2, 0) is 14.8 Å². The Morgan fingerprint density at radius 2 is 1.88 bits per heavy atom. The number of hydrogen-bond donors (Lipinski definition) is 1. The number of aromatic nitrogens is 1. The van der Waals surface area contributed by atoms with Crippen molar-refractivity contribution >= 4 is 21.6 Å². The highest BCUT2D eigenvalue weighted by Crippen LogP contribution is 2.24. The molecule has 2 aromatic rings. The molecule has 0 aliphatic carbocycles. The van der Waals surface area contributed by atoms with Crippen LogP contribution in [0.1, 0.15) is 21.6 Å². The lowest BCUT2D eigenvalue weighted by Gasteiger charge is -2.26. The number of sulfonamides is 1. The van der Waals surface area contributed by atoms with Crippen LogP contribution < -0.4 is 5.32 Å². The molecule has 1 N–H and O–H groups in total. The SMILES string of the molecule is Cc1ccc(C(=O)Nc2cc(S(=O)(=O)N3CCOCC3)ccc2C)cn1. The van der Waals surface area contributed by atoms with E-state index in [2.05, 4.69) is 10.3 Å². The second-order valence-electron chi connectivity index (χ2n) is 6.14. The van der Waals surface area contributed by atoms with Crippen molar-refractivity contribution in [3.05, 3.63) is 53.3 Å². The number of carbonyl (C=O) groups excluding carboxylic acids is 1. The minimum atomic E-state index is -3.62. The molecule has 1 saturated heterocycles. The van der Waals surface area contributed by atoms with Crippen LogP contribution in [0.4, 0.5) is 5.69 Å². The van der Waals surface area contributed by atoms with Gasteiger partial charge in [0.25, 0.3) is 5.91 Å². The first-order valence-corrected chi connectivity index (χ1v) is 9.74. The van der Waals surface area contributed by atoms with Gasteiger partial charge in [-0.1, -0.05) is 6.07 Å². The largest absolute Gasteiger partial charge is 0.379 e. The van der Waals surface area contributed by atoms with Gasteiger partial charge in [-0.25, -0.2) is 8.42 Å². The molecule has 138 valence electrons. The maximum Gasteiger partial charge on any atom is 0.257 e.